The fourth-order valence-electron chi connectivity index (χ4n) is 1.67. The summed E-state index contributed by atoms with van der Waals surface area (Å²) < 4.78 is 0. The van der Waals surface area contributed by atoms with Gasteiger partial charge < -0.3 is 16.4 Å². The number of urea groups is 1. The van der Waals surface area contributed by atoms with Crippen molar-refractivity contribution in [2.24, 2.45) is 5.73 Å². The Hall–Kier alpha value is -2.04. The van der Waals surface area contributed by atoms with Gasteiger partial charge in [-0.15, -0.1) is 0 Å². The van der Waals surface area contributed by atoms with Gasteiger partial charge in [0.2, 0.25) is 5.91 Å². The normalized spacial score (nSPS) is 11.7. The summed E-state index contributed by atoms with van der Waals surface area (Å²) in [6.07, 6.45) is 3.37. The van der Waals surface area contributed by atoms with Crippen LogP contribution in [0.4, 0.5) is 10.5 Å². The summed E-state index contributed by atoms with van der Waals surface area (Å²) >= 11 is 0. The molecule has 3 amide bonds. The third-order valence-electron chi connectivity index (χ3n) is 2.79. The third-order valence-corrected chi connectivity index (χ3v) is 2.79. The van der Waals surface area contributed by atoms with Crippen LogP contribution in [0.2, 0.25) is 0 Å². The minimum absolute atomic E-state index is 0.292. The number of rotatable bonds is 6. The fraction of sp³-hybridized carbons (Fsp3) is 0.429. The van der Waals surface area contributed by atoms with Crippen LogP contribution in [0.3, 0.4) is 0 Å². The lowest BCUT2D eigenvalue weighted by atomic mass is 10.1. The zero-order valence-electron chi connectivity index (χ0n) is 11.4. The molecule has 0 aliphatic carbocycles. The van der Waals surface area contributed by atoms with Gasteiger partial charge >= 0.3 is 6.03 Å². The van der Waals surface area contributed by atoms with Crippen LogP contribution in [0.15, 0.2) is 24.3 Å². The lowest BCUT2D eigenvalue weighted by molar-refractivity contribution is -0.117. The molecule has 104 valence electrons. The van der Waals surface area contributed by atoms with Crippen molar-refractivity contribution < 1.29 is 9.59 Å². The molecule has 0 saturated carbocycles. The number of unbranched alkanes of at least 4 members (excludes halogenated alkanes) is 1. The molecule has 0 heterocycles. The van der Waals surface area contributed by atoms with E-state index in [1.165, 1.54) is 5.56 Å². The molecule has 1 aromatic carbocycles. The highest BCUT2D eigenvalue weighted by Gasteiger charge is 2.13. The van der Waals surface area contributed by atoms with E-state index in [4.69, 9.17) is 5.73 Å². The van der Waals surface area contributed by atoms with Gasteiger partial charge in [-0.25, -0.2) is 4.79 Å². The highest BCUT2D eigenvalue weighted by molar-refractivity contribution is 5.96. The Balaban J connectivity index is 2.52. The van der Waals surface area contributed by atoms with Crippen molar-refractivity contribution in [2.45, 2.75) is 39.2 Å². The standard InChI is InChI=1S/C14H21N3O2/c1-3-4-5-11-6-8-12(9-7-11)17-13(18)10(2)16-14(15)19/h6-10H,3-5H2,1-2H3,(H,17,18)(H3,15,16,19). The van der Waals surface area contributed by atoms with Crippen molar-refractivity contribution in [1.29, 1.82) is 0 Å². The van der Waals surface area contributed by atoms with Gasteiger partial charge in [0.1, 0.15) is 6.04 Å². The first kappa shape index (κ1) is 15.0. The molecular weight excluding hydrogens is 242 g/mol. The van der Waals surface area contributed by atoms with Crippen LogP contribution < -0.4 is 16.4 Å². The van der Waals surface area contributed by atoms with E-state index in [9.17, 15) is 9.59 Å². The van der Waals surface area contributed by atoms with Crippen LogP contribution in [0.5, 0.6) is 0 Å². The molecule has 0 bridgehead atoms. The Morgan fingerprint density at radius 2 is 1.89 bits per heavy atom. The predicted octanol–water partition coefficient (Wildman–Crippen LogP) is 2.02. The highest BCUT2D eigenvalue weighted by atomic mass is 16.2. The van der Waals surface area contributed by atoms with Gasteiger partial charge in [-0.05, 0) is 37.5 Å². The summed E-state index contributed by atoms with van der Waals surface area (Å²) in [5, 5.41) is 5.05. The molecule has 0 aliphatic heterocycles. The molecular formula is C14H21N3O2. The highest BCUT2D eigenvalue weighted by Crippen LogP contribution is 2.12. The van der Waals surface area contributed by atoms with Crippen LogP contribution in [0.1, 0.15) is 32.3 Å². The molecule has 1 unspecified atom stereocenters. The summed E-state index contributed by atoms with van der Waals surface area (Å²) in [7, 11) is 0. The molecule has 5 nitrogen and oxygen atoms in total. The van der Waals surface area contributed by atoms with E-state index in [1.54, 1.807) is 6.92 Å². The van der Waals surface area contributed by atoms with Gasteiger partial charge in [-0.1, -0.05) is 25.5 Å². The summed E-state index contributed by atoms with van der Waals surface area (Å²) in [5.74, 6) is -0.292. The maximum atomic E-state index is 11.7. The van der Waals surface area contributed by atoms with Gasteiger partial charge in [0.15, 0.2) is 0 Å². The average molecular weight is 263 g/mol. The van der Waals surface area contributed by atoms with Crippen LogP contribution in [-0.2, 0) is 11.2 Å². The van der Waals surface area contributed by atoms with Gasteiger partial charge in [0.25, 0.3) is 0 Å². The molecule has 1 rings (SSSR count). The number of amides is 3. The number of primary amides is 1. The maximum absolute atomic E-state index is 11.7. The molecule has 1 aromatic rings. The number of benzene rings is 1. The predicted molar refractivity (Wildman–Crippen MR) is 75.9 cm³/mol. The Morgan fingerprint density at radius 1 is 1.26 bits per heavy atom. The van der Waals surface area contributed by atoms with Gasteiger partial charge in [0, 0.05) is 5.69 Å². The van der Waals surface area contributed by atoms with Crippen molar-refractivity contribution >= 4 is 17.6 Å². The number of hydrogen-bond acceptors (Lipinski definition) is 2. The zero-order chi connectivity index (χ0) is 14.3. The molecule has 0 radical (unpaired) electrons. The third kappa shape index (κ3) is 5.42. The van der Waals surface area contributed by atoms with E-state index in [1.807, 2.05) is 24.3 Å². The first-order valence-corrected chi connectivity index (χ1v) is 6.48. The first-order valence-electron chi connectivity index (χ1n) is 6.48. The van der Waals surface area contributed by atoms with Crippen molar-refractivity contribution in [3.05, 3.63) is 29.8 Å². The second-order valence-corrected chi connectivity index (χ2v) is 4.52. The first-order chi connectivity index (χ1) is 9.02. The Labute approximate surface area is 113 Å². The smallest absolute Gasteiger partial charge is 0.312 e. The largest absolute Gasteiger partial charge is 0.352 e. The number of carbonyl (C=O) groups excluding carboxylic acids is 2. The second kappa shape index (κ2) is 7.41. The molecule has 4 N–H and O–H groups in total. The maximum Gasteiger partial charge on any atom is 0.312 e. The molecule has 0 aliphatic rings. The zero-order valence-corrected chi connectivity index (χ0v) is 11.4. The number of hydrogen-bond donors (Lipinski definition) is 3. The Bertz CT molecular complexity index is 429. The summed E-state index contributed by atoms with van der Waals surface area (Å²) in [6, 6.07) is 6.35. The quantitative estimate of drug-likeness (QED) is 0.733. The number of aryl methyl sites for hydroxylation is 1. The topological polar surface area (TPSA) is 84.2 Å². The lowest BCUT2D eigenvalue weighted by Gasteiger charge is -2.12. The van der Waals surface area contributed by atoms with E-state index < -0.39 is 12.1 Å². The SMILES string of the molecule is CCCCc1ccc(NC(=O)C(C)NC(N)=O)cc1. The fourth-order valence-corrected chi connectivity index (χ4v) is 1.67. The second-order valence-electron chi connectivity index (χ2n) is 4.52. The van der Waals surface area contributed by atoms with E-state index in [-0.39, 0.29) is 5.91 Å². The van der Waals surface area contributed by atoms with Crippen LogP contribution in [0, 0.1) is 0 Å². The molecule has 5 heteroatoms. The summed E-state index contributed by atoms with van der Waals surface area (Å²) in [6.45, 7) is 3.73. The average Bonchev–Trinajstić information content (AvgIpc) is 2.37. The Kier molecular flexibility index (Phi) is 5.85. The molecule has 0 spiro atoms. The number of anilines is 1. The van der Waals surface area contributed by atoms with Crippen molar-refractivity contribution in [1.82, 2.24) is 5.32 Å². The molecule has 19 heavy (non-hydrogen) atoms. The summed E-state index contributed by atoms with van der Waals surface area (Å²) in [5.41, 5.74) is 6.93. The van der Waals surface area contributed by atoms with Crippen molar-refractivity contribution in [3.63, 3.8) is 0 Å². The minimum atomic E-state index is -0.711. The monoisotopic (exact) mass is 263 g/mol. The number of nitrogens with one attached hydrogen (secondary N) is 2. The Morgan fingerprint density at radius 3 is 2.42 bits per heavy atom. The van der Waals surface area contributed by atoms with Crippen LogP contribution in [0.25, 0.3) is 0 Å². The van der Waals surface area contributed by atoms with Crippen molar-refractivity contribution in [3.8, 4) is 0 Å². The molecule has 0 saturated heterocycles. The molecule has 0 fully saturated rings. The van der Waals surface area contributed by atoms with Crippen molar-refractivity contribution in [2.75, 3.05) is 5.32 Å². The number of nitrogens with two attached hydrogens (primary N) is 1. The van der Waals surface area contributed by atoms with Gasteiger partial charge in [0.05, 0.1) is 0 Å². The van der Waals surface area contributed by atoms with E-state index in [2.05, 4.69) is 17.6 Å². The van der Waals surface area contributed by atoms with Crippen LogP contribution >= 0.6 is 0 Å². The van der Waals surface area contributed by atoms with Crippen LogP contribution in [-0.4, -0.2) is 18.0 Å². The van der Waals surface area contributed by atoms with Gasteiger partial charge in [-0.2, -0.15) is 0 Å². The number of carbonyl (C=O) groups is 2. The summed E-state index contributed by atoms with van der Waals surface area (Å²) in [4.78, 5) is 22.4. The van der Waals surface area contributed by atoms with E-state index in [0.717, 1.165) is 19.3 Å². The molecule has 0 aromatic heterocycles. The van der Waals surface area contributed by atoms with E-state index >= 15 is 0 Å². The minimum Gasteiger partial charge on any atom is -0.352 e. The van der Waals surface area contributed by atoms with Gasteiger partial charge in [-0.3, -0.25) is 4.79 Å². The lowest BCUT2D eigenvalue weighted by Crippen LogP contribution is -2.44. The molecule has 1 atom stereocenters. The van der Waals surface area contributed by atoms with E-state index in [0.29, 0.717) is 5.69 Å².